The Kier molecular flexibility index (Phi) is 11.3. The second-order valence-corrected chi connectivity index (χ2v) is 19.1. The van der Waals surface area contributed by atoms with Crippen molar-refractivity contribution in [2.75, 3.05) is 0 Å². The number of carbonyl (C=O) groups is 2. The van der Waals surface area contributed by atoms with E-state index in [9.17, 15) is 9.59 Å². The van der Waals surface area contributed by atoms with Crippen molar-refractivity contribution in [3.8, 4) is 0 Å². The number of hydrogen-bond donors (Lipinski definition) is 2. The summed E-state index contributed by atoms with van der Waals surface area (Å²) in [6, 6.07) is 0. The number of esters is 2. The van der Waals surface area contributed by atoms with E-state index in [4.69, 9.17) is 9.47 Å². The topological polar surface area (TPSA) is 76.7 Å². The predicted molar refractivity (Wildman–Crippen MR) is 186 cm³/mol. The Morgan fingerprint density at radius 3 is 1.17 bits per heavy atom. The van der Waals surface area contributed by atoms with Gasteiger partial charge in [-0.2, -0.15) is 0 Å². The molecule has 0 radical (unpaired) electrons. The molecule has 3 aliphatic carbocycles. The van der Waals surface area contributed by atoms with Crippen molar-refractivity contribution in [2.45, 2.75) is 205 Å². The number of hydrogen-bond acceptors (Lipinski definition) is 6. The molecule has 4 unspecified atom stereocenters. The molecule has 6 nitrogen and oxygen atoms in total. The van der Waals surface area contributed by atoms with Crippen LogP contribution in [0.25, 0.3) is 0 Å². The Morgan fingerprint density at radius 1 is 0.522 bits per heavy atom. The van der Waals surface area contributed by atoms with Crippen LogP contribution in [0.5, 0.6) is 0 Å². The third kappa shape index (κ3) is 9.10. The summed E-state index contributed by atoms with van der Waals surface area (Å²) in [6.45, 7) is 18.2. The molecule has 5 rings (SSSR count). The molecule has 5 aliphatic rings. The van der Waals surface area contributed by atoms with Crippen molar-refractivity contribution < 1.29 is 19.1 Å². The summed E-state index contributed by atoms with van der Waals surface area (Å²) in [5.74, 6) is 1.82. The Morgan fingerprint density at radius 2 is 0.848 bits per heavy atom. The maximum atomic E-state index is 13.7. The van der Waals surface area contributed by atoms with Crippen LogP contribution in [0.4, 0.5) is 0 Å². The van der Waals surface area contributed by atoms with Gasteiger partial charge in [0.15, 0.2) is 0 Å². The average Bonchev–Trinajstić information content (AvgIpc) is 2.96. The maximum Gasteiger partial charge on any atom is 0.309 e. The highest BCUT2D eigenvalue weighted by Crippen LogP contribution is 2.44. The van der Waals surface area contributed by atoms with Gasteiger partial charge in [0, 0.05) is 46.8 Å². The SMILES string of the molecule is CC1(C)CC(OC(=O)C2CCC(C(=O)OC3CC(C)(C)NC(C)(C)C3CC3CCCCC3)CC2)C(CC2CCCCC2)C(C)(C)N1. The number of rotatable bonds is 8. The molecule has 0 aromatic carbocycles. The van der Waals surface area contributed by atoms with Crippen LogP contribution in [-0.2, 0) is 19.1 Å². The first-order valence-corrected chi connectivity index (χ1v) is 19.5. The smallest absolute Gasteiger partial charge is 0.309 e. The molecule has 2 aliphatic heterocycles. The molecule has 264 valence electrons. The molecule has 4 atom stereocenters. The summed E-state index contributed by atoms with van der Waals surface area (Å²) in [4.78, 5) is 27.5. The van der Waals surface area contributed by atoms with Gasteiger partial charge >= 0.3 is 11.9 Å². The molecule has 0 aromatic rings. The Labute approximate surface area is 282 Å². The van der Waals surface area contributed by atoms with Gasteiger partial charge in [-0.1, -0.05) is 64.2 Å². The maximum absolute atomic E-state index is 13.7. The summed E-state index contributed by atoms with van der Waals surface area (Å²) in [5, 5.41) is 7.79. The highest BCUT2D eigenvalue weighted by Gasteiger charge is 2.50. The van der Waals surface area contributed by atoms with Crippen LogP contribution in [0.3, 0.4) is 0 Å². The van der Waals surface area contributed by atoms with Crippen LogP contribution in [-0.4, -0.2) is 46.3 Å². The molecule has 0 aromatic heterocycles. The fraction of sp³-hybridized carbons (Fsp3) is 0.950. The zero-order chi connectivity index (χ0) is 33.3. The molecule has 3 saturated carbocycles. The Hall–Kier alpha value is -1.14. The van der Waals surface area contributed by atoms with Gasteiger partial charge in [-0.15, -0.1) is 0 Å². The third-order valence-electron chi connectivity index (χ3n) is 13.0. The second kappa shape index (κ2) is 14.4. The quantitative estimate of drug-likeness (QED) is 0.258. The lowest BCUT2D eigenvalue weighted by molar-refractivity contribution is -0.171. The molecule has 0 spiro atoms. The van der Waals surface area contributed by atoms with Gasteiger partial charge in [-0.05, 0) is 106 Å². The lowest BCUT2D eigenvalue weighted by atomic mass is 9.67. The van der Waals surface area contributed by atoms with Gasteiger partial charge in [0.25, 0.3) is 0 Å². The lowest BCUT2D eigenvalue weighted by Gasteiger charge is -2.52. The zero-order valence-electron chi connectivity index (χ0n) is 31.0. The fourth-order valence-corrected chi connectivity index (χ4v) is 11.0. The van der Waals surface area contributed by atoms with E-state index >= 15 is 0 Å². The molecule has 46 heavy (non-hydrogen) atoms. The summed E-state index contributed by atoms with van der Waals surface area (Å²) < 4.78 is 13.0. The van der Waals surface area contributed by atoms with E-state index in [0.717, 1.165) is 63.2 Å². The van der Waals surface area contributed by atoms with Crippen LogP contribution in [0.2, 0.25) is 0 Å². The van der Waals surface area contributed by atoms with Crippen LogP contribution in [0.15, 0.2) is 0 Å². The summed E-state index contributed by atoms with van der Waals surface area (Å²) in [7, 11) is 0. The fourth-order valence-electron chi connectivity index (χ4n) is 11.0. The summed E-state index contributed by atoms with van der Waals surface area (Å²) in [6.07, 6.45) is 20.0. The monoisotopic (exact) mass is 643 g/mol. The van der Waals surface area contributed by atoms with Gasteiger partial charge in [-0.3, -0.25) is 9.59 Å². The lowest BCUT2D eigenvalue weighted by Crippen LogP contribution is -2.65. The molecule has 2 saturated heterocycles. The van der Waals surface area contributed by atoms with E-state index in [1.54, 1.807) is 0 Å². The highest BCUT2D eigenvalue weighted by molar-refractivity contribution is 5.75. The second-order valence-electron chi connectivity index (χ2n) is 19.1. The van der Waals surface area contributed by atoms with E-state index in [1.165, 1.54) is 64.2 Å². The predicted octanol–water partition coefficient (Wildman–Crippen LogP) is 8.89. The normalized spacial score (nSPS) is 36.4. The van der Waals surface area contributed by atoms with Crippen LogP contribution in [0.1, 0.15) is 171 Å². The van der Waals surface area contributed by atoms with Crippen molar-refractivity contribution in [3.05, 3.63) is 0 Å². The molecule has 0 bridgehead atoms. The van der Waals surface area contributed by atoms with Crippen molar-refractivity contribution in [3.63, 3.8) is 0 Å². The summed E-state index contributed by atoms with van der Waals surface area (Å²) >= 11 is 0. The van der Waals surface area contributed by atoms with Gasteiger partial charge < -0.3 is 20.1 Å². The Balaban J connectivity index is 1.17. The average molecular weight is 643 g/mol. The third-order valence-corrected chi connectivity index (χ3v) is 13.0. The standard InChI is InChI=1S/C40H70N2O4/c1-37(2)25-33(31(39(5,6)41-37)23-27-15-11-9-12-16-27)45-35(43)29-19-21-30(22-20-29)36(44)46-34-26-38(3,4)42-40(7,8)32(34)24-28-17-13-10-14-18-28/h27-34,41-42H,9-26H2,1-8H3. The van der Waals surface area contributed by atoms with E-state index in [0.29, 0.717) is 11.8 Å². The molecule has 0 amide bonds. The Bertz CT molecular complexity index is 948. The van der Waals surface area contributed by atoms with Crippen molar-refractivity contribution in [1.29, 1.82) is 0 Å². The minimum absolute atomic E-state index is 0.0339. The zero-order valence-corrected chi connectivity index (χ0v) is 31.0. The van der Waals surface area contributed by atoms with Crippen molar-refractivity contribution >= 4 is 11.9 Å². The van der Waals surface area contributed by atoms with Gasteiger partial charge in [0.1, 0.15) is 12.2 Å². The minimum Gasteiger partial charge on any atom is -0.462 e. The van der Waals surface area contributed by atoms with Gasteiger partial charge in [-0.25, -0.2) is 0 Å². The van der Waals surface area contributed by atoms with Crippen LogP contribution < -0.4 is 10.6 Å². The number of carbonyl (C=O) groups excluding carboxylic acids is 2. The molecule has 2 N–H and O–H groups in total. The van der Waals surface area contributed by atoms with E-state index in [-0.39, 0.29) is 58.1 Å². The first-order valence-electron chi connectivity index (χ1n) is 19.5. The molecule has 5 fully saturated rings. The van der Waals surface area contributed by atoms with Crippen LogP contribution in [0, 0.1) is 35.5 Å². The van der Waals surface area contributed by atoms with Gasteiger partial charge in [0.2, 0.25) is 0 Å². The van der Waals surface area contributed by atoms with Crippen LogP contribution >= 0.6 is 0 Å². The minimum atomic E-state index is -0.115. The molecular formula is C40H70N2O4. The summed E-state index contributed by atoms with van der Waals surface area (Å²) in [5.41, 5.74) is -0.326. The van der Waals surface area contributed by atoms with E-state index in [1.807, 2.05) is 0 Å². The number of piperidine rings is 2. The largest absolute Gasteiger partial charge is 0.462 e. The first-order chi connectivity index (χ1) is 21.5. The van der Waals surface area contributed by atoms with Crippen molar-refractivity contribution in [2.24, 2.45) is 35.5 Å². The van der Waals surface area contributed by atoms with E-state index in [2.05, 4.69) is 66.0 Å². The van der Waals surface area contributed by atoms with Gasteiger partial charge in [0.05, 0.1) is 11.8 Å². The molecule has 6 heteroatoms. The first kappa shape index (κ1) is 36.1. The van der Waals surface area contributed by atoms with Crippen molar-refractivity contribution in [1.82, 2.24) is 10.6 Å². The van der Waals surface area contributed by atoms with E-state index < -0.39 is 0 Å². The number of nitrogens with one attached hydrogen (secondary N) is 2. The number of ether oxygens (including phenoxy) is 2. The highest BCUT2D eigenvalue weighted by atomic mass is 16.5. The molecule has 2 heterocycles. The molecular weight excluding hydrogens is 572 g/mol.